The van der Waals surface area contributed by atoms with Gasteiger partial charge in [-0.15, -0.1) is 0 Å². The molecule has 40 heavy (non-hydrogen) atoms. The fourth-order valence-electron chi connectivity index (χ4n) is 4.66. The SMILES string of the molecule is FC(F)c1nc2ccccc2n1-c1nc(Oc2ccc(-c3cn4ccccc4n3)cc2)nc(N2CCOCC2)n1. The molecule has 5 heterocycles. The Morgan fingerprint density at radius 3 is 2.38 bits per heavy atom. The van der Waals surface area contributed by atoms with Crippen LogP contribution in [0.5, 0.6) is 11.8 Å². The van der Waals surface area contributed by atoms with Gasteiger partial charge in [0, 0.05) is 31.0 Å². The van der Waals surface area contributed by atoms with Crippen molar-refractivity contribution in [3.8, 4) is 29.0 Å². The first kappa shape index (κ1) is 24.1. The Balaban J connectivity index is 1.27. The highest BCUT2D eigenvalue weighted by Crippen LogP contribution is 2.30. The minimum atomic E-state index is -2.84. The number of aromatic nitrogens is 7. The fraction of sp³-hybridized carbons (Fsp3) is 0.179. The van der Waals surface area contributed by atoms with E-state index in [9.17, 15) is 8.78 Å². The van der Waals surface area contributed by atoms with Gasteiger partial charge in [0.25, 0.3) is 6.43 Å². The number of hydrogen-bond acceptors (Lipinski definition) is 8. The molecular formula is C28H22F2N8O2. The summed E-state index contributed by atoms with van der Waals surface area (Å²) in [5.74, 6) is 0.324. The maximum absolute atomic E-state index is 14.1. The molecule has 200 valence electrons. The molecule has 1 aliphatic rings. The zero-order valence-electron chi connectivity index (χ0n) is 21.1. The molecule has 0 spiro atoms. The Bertz CT molecular complexity index is 1780. The molecule has 0 N–H and O–H groups in total. The summed E-state index contributed by atoms with van der Waals surface area (Å²) >= 11 is 0. The van der Waals surface area contributed by atoms with Gasteiger partial charge in [-0.1, -0.05) is 18.2 Å². The van der Waals surface area contributed by atoms with Crippen molar-refractivity contribution in [3.63, 3.8) is 0 Å². The smallest absolute Gasteiger partial charge is 0.328 e. The van der Waals surface area contributed by atoms with Crippen LogP contribution in [0.4, 0.5) is 14.7 Å². The lowest BCUT2D eigenvalue weighted by Gasteiger charge is -2.27. The first-order chi connectivity index (χ1) is 19.6. The lowest BCUT2D eigenvalue weighted by Crippen LogP contribution is -2.37. The van der Waals surface area contributed by atoms with Crippen LogP contribution in [-0.2, 0) is 4.74 Å². The summed E-state index contributed by atoms with van der Waals surface area (Å²) in [4.78, 5) is 24.2. The average Bonchev–Trinajstić information content (AvgIpc) is 3.60. The highest BCUT2D eigenvalue weighted by Gasteiger charge is 2.25. The average molecular weight is 541 g/mol. The standard InChI is InChI=1S/C28H22F2N8O2/c29-24(30)25-32-20-5-1-2-6-22(20)38(25)27-33-26(36-13-15-39-16-14-36)34-28(35-27)40-19-10-8-18(9-11-19)21-17-37-12-4-3-7-23(37)31-21/h1-12,17,24H,13-16H2. The minimum absolute atomic E-state index is 0.00295. The number of imidazole rings is 2. The van der Waals surface area contributed by atoms with Crippen LogP contribution in [0.1, 0.15) is 12.2 Å². The van der Waals surface area contributed by atoms with E-state index in [-0.39, 0.29) is 12.0 Å². The summed E-state index contributed by atoms with van der Waals surface area (Å²) in [6.07, 6.45) is 1.05. The second-order valence-electron chi connectivity index (χ2n) is 9.13. The van der Waals surface area contributed by atoms with E-state index < -0.39 is 12.2 Å². The lowest BCUT2D eigenvalue weighted by atomic mass is 10.2. The van der Waals surface area contributed by atoms with Crippen LogP contribution in [0, 0.1) is 0 Å². The Kier molecular flexibility index (Phi) is 6.00. The van der Waals surface area contributed by atoms with Crippen LogP contribution in [0.3, 0.4) is 0 Å². The molecule has 10 nitrogen and oxygen atoms in total. The molecule has 6 aromatic rings. The number of hydrogen-bond donors (Lipinski definition) is 0. The molecule has 0 bridgehead atoms. The van der Waals surface area contributed by atoms with E-state index in [0.717, 1.165) is 16.9 Å². The summed E-state index contributed by atoms with van der Waals surface area (Å²) in [7, 11) is 0. The van der Waals surface area contributed by atoms with E-state index >= 15 is 0 Å². The number of pyridine rings is 1. The molecule has 12 heteroatoms. The monoisotopic (exact) mass is 540 g/mol. The zero-order valence-corrected chi connectivity index (χ0v) is 21.1. The first-order valence-corrected chi connectivity index (χ1v) is 12.7. The van der Waals surface area contributed by atoms with E-state index in [1.165, 1.54) is 4.57 Å². The van der Waals surface area contributed by atoms with Gasteiger partial charge in [-0.25, -0.2) is 18.7 Å². The molecule has 2 aromatic carbocycles. The summed E-state index contributed by atoms with van der Waals surface area (Å²) < 4.78 is 42.9. The lowest BCUT2D eigenvalue weighted by molar-refractivity contribution is 0.122. The van der Waals surface area contributed by atoms with Crippen molar-refractivity contribution in [1.29, 1.82) is 0 Å². The van der Waals surface area contributed by atoms with Gasteiger partial charge < -0.3 is 18.8 Å². The van der Waals surface area contributed by atoms with Crippen molar-refractivity contribution in [2.45, 2.75) is 6.43 Å². The molecule has 0 unspecified atom stereocenters. The van der Waals surface area contributed by atoms with Gasteiger partial charge in [0.15, 0.2) is 5.82 Å². The molecule has 4 aromatic heterocycles. The van der Waals surface area contributed by atoms with E-state index in [0.29, 0.717) is 49.0 Å². The van der Waals surface area contributed by atoms with Crippen molar-refractivity contribution in [1.82, 2.24) is 33.9 Å². The van der Waals surface area contributed by atoms with Crippen LogP contribution in [-0.4, -0.2) is 60.2 Å². The summed E-state index contributed by atoms with van der Waals surface area (Å²) in [6.45, 7) is 2.09. The van der Waals surface area contributed by atoms with Crippen molar-refractivity contribution < 1.29 is 18.3 Å². The number of para-hydroxylation sites is 2. The maximum atomic E-state index is 14.1. The van der Waals surface area contributed by atoms with Crippen LogP contribution in [0.2, 0.25) is 0 Å². The van der Waals surface area contributed by atoms with Gasteiger partial charge in [-0.3, -0.25) is 4.57 Å². The topological polar surface area (TPSA) is 95.5 Å². The second kappa shape index (κ2) is 9.97. The Morgan fingerprint density at radius 1 is 0.800 bits per heavy atom. The van der Waals surface area contributed by atoms with Crippen molar-refractivity contribution in [3.05, 3.63) is 84.9 Å². The highest BCUT2D eigenvalue weighted by atomic mass is 19.3. The molecule has 7 rings (SSSR count). The number of benzene rings is 2. The van der Waals surface area contributed by atoms with Crippen LogP contribution >= 0.6 is 0 Å². The van der Waals surface area contributed by atoms with Crippen molar-refractivity contribution >= 4 is 22.6 Å². The molecule has 1 aliphatic heterocycles. The van der Waals surface area contributed by atoms with Crippen molar-refractivity contribution in [2.24, 2.45) is 0 Å². The largest absolute Gasteiger partial charge is 0.424 e. The quantitative estimate of drug-likeness (QED) is 0.288. The first-order valence-electron chi connectivity index (χ1n) is 12.7. The van der Waals surface area contributed by atoms with Gasteiger partial charge in [-0.2, -0.15) is 15.0 Å². The highest BCUT2D eigenvalue weighted by molar-refractivity contribution is 5.77. The number of fused-ring (bicyclic) bond motifs is 2. The third-order valence-corrected chi connectivity index (χ3v) is 6.59. The number of anilines is 1. The normalized spacial score (nSPS) is 13.9. The predicted octanol–water partition coefficient (Wildman–Crippen LogP) is 5.09. The van der Waals surface area contributed by atoms with E-state index in [4.69, 9.17) is 9.47 Å². The molecule has 0 aliphatic carbocycles. The summed E-state index contributed by atoms with van der Waals surface area (Å²) in [6, 6.07) is 20.0. The van der Waals surface area contributed by atoms with Gasteiger partial charge in [0.2, 0.25) is 11.9 Å². The molecular weight excluding hydrogens is 518 g/mol. The third kappa shape index (κ3) is 4.47. The number of rotatable bonds is 6. The van der Waals surface area contributed by atoms with E-state index in [1.807, 2.05) is 52.0 Å². The molecule has 1 saturated heterocycles. The molecule has 0 saturated carbocycles. The Morgan fingerprint density at radius 2 is 1.57 bits per heavy atom. The Hall–Kier alpha value is -4.97. The van der Waals surface area contributed by atoms with Gasteiger partial charge >= 0.3 is 6.01 Å². The molecule has 1 fully saturated rings. The van der Waals surface area contributed by atoms with Gasteiger partial charge in [0.05, 0.1) is 29.9 Å². The Labute approximate surface area is 226 Å². The number of halogens is 2. The van der Waals surface area contributed by atoms with E-state index in [1.54, 1.807) is 36.4 Å². The summed E-state index contributed by atoms with van der Waals surface area (Å²) in [5.41, 5.74) is 3.45. The second-order valence-corrected chi connectivity index (χ2v) is 9.13. The number of ether oxygens (including phenoxy) is 2. The maximum Gasteiger partial charge on any atom is 0.328 e. The molecule has 0 radical (unpaired) electrons. The van der Waals surface area contributed by atoms with Crippen LogP contribution in [0.25, 0.3) is 33.9 Å². The van der Waals surface area contributed by atoms with E-state index in [2.05, 4.69) is 24.9 Å². The fourth-order valence-corrected chi connectivity index (χ4v) is 4.66. The van der Waals surface area contributed by atoms with Gasteiger partial charge in [0.1, 0.15) is 11.4 Å². The molecule has 0 atom stereocenters. The number of morpholine rings is 1. The van der Waals surface area contributed by atoms with Gasteiger partial charge in [-0.05, 0) is 48.5 Å². The molecule has 0 amide bonds. The van der Waals surface area contributed by atoms with Crippen LogP contribution < -0.4 is 9.64 Å². The minimum Gasteiger partial charge on any atom is -0.424 e. The summed E-state index contributed by atoms with van der Waals surface area (Å²) in [5, 5.41) is 0. The predicted molar refractivity (Wildman–Crippen MR) is 143 cm³/mol. The van der Waals surface area contributed by atoms with Crippen molar-refractivity contribution in [2.75, 3.05) is 31.2 Å². The number of alkyl halides is 2. The van der Waals surface area contributed by atoms with Crippen LogP contribution in [0.15, 0.2) is 79.1 Å². The number of nitrogens with zero attached hydrogens (tertiary/aromatic N) is 8. The zero-order chi connectivity index (χ0) is 27.1. The third-order valence-electron chi connectivity index (χ3n) is 6.59.